The molecule has 2 aromatic carbocycles. The zero-order valence-corrected chi connectivity index (χ0v) is 19.2. The molecule has 178 valence electrons. The van der Waals surface area contributed by atoms with Crippen LogP contribution in [-0.4, -0.2) is 48.4 Å². The molecule has 4 rings (SSSR count). The summed E-state index contributed by atoms with van der Waals surface area (Å²) < 4.78 is 24.0. The summed E-state index contributed by atoms with van der Waals surface area (Å²) in [6.45, 7) is 1.16. The van der Waals surface area contributed by atoms with Crippen LogP contribution in [0.3, 0.4) is 0 Å². The van der Waals surface area contributed by atoms with Crippen molar-refractivity contribution in [3.63, 3.8) is 0 Å². The van der Waals surface area contributed by atoms with Gasteiger partial charge in [-0.2, -0.15) is 0 Å². The number of amides is 2. The highest BCUT2D eigenvalue weighted by Crippen LogP contribution is 2.48. The Hall–Kier alpha value is -3.45. The Kier molecular flexibility index (Phi) is 7.75. The molecule has 34 heavy (non-hydrogen) atoms. The van der Waals surface area contributed by atoms with E-state index in [1.54, 1.807) is 47.4 Å². The third kappa shape index (κ3) is 6.11. The number of rotatable bonds is 11. The number of hydrogen-bond acceptors (Lipinski definition) is 4. The van der Waals surface area contributed by atoms with E-state index in [0.717, 1.165) is 17.5 Å². The molecule has 0 bridgehead atoms. The van der Waals surface area contributed by atoms with E-state index in [2.05, 4.69) is 0 Å². The van der Waals surface area contributed by atoms with Crippen molar-refractivity contribution < 1.29 is 23.1 Å². The highest BCUT2D eigenvalue weighted by Gasteiger charge is 2.46. The van der Waals surface area contributed by atoms with Gasteiger partial charge in [-0.1, -0.05) is 42.5 Å². The first-order valence-electron chi connectivity index (χ1n) is 11.4. The molecule has 0 spiro atoms. The molecular formula is C27H29FN2O4. The maximum absolute atomic E-state index is 13.4. The van der Waals surface area contributed by atoms with Crippen molar-refractivity contribution in [2.24, 2.45) is 5.92 Å². The minimum atomic E-state index is -0.332. The Morgan fingerprint density at radius 3 is 2.44 bits per heavy atom. The summed E-state index contributed by atoms with van der Waals surface area (Å²) in [5.74, 6) is 0.133. The van der Waals surface area contributed by atoms with Gasteiger partial charge < -0.3 is 19.0 Å². The van der Waals surface area contributed by atoms with Gasteiger partial charge in [0.25, 0.3) is 0 Å². The Morgan fingerprint density at radius 1 is 1.00 bits per heavy atom. The molecule has 1 aromatic heterocycles. The van der Waals surface area contributed by atoms with Crippen LogP contribution in [0.2, 0.25) is 0 Å². The van der Waals surface area contributed by atoms with Crippen LogP contribution < -0.4 is 0 Å². The van der Waals surface area contributed by atoms with Crippen LogP contribution in [0.25, 0.3) is 0 Å². The lowest BCUT2D eigenvalue weighted by Crippen LogP contribution is -2.44. The summed E-state index contributed by atoms with van der Waals surface area (Å²) >= 11 is 0. The van der Waals surface area contributed by atoms with Gasteiger partial charge in [-0.15, -0.1) is 0 Å². The summed E-state index contributed by atoms with van der Waals surface area (Å²) in [6.07, 6.45) is 2.34. The van der Waals surface area contributed by atoms with Gasteiger partial charge in [-0.3, -0.25) is 9.59 Å². The average molecular weight is 465 g/mol. The van der Waals surface area contributed by atoms with Crippen molar-refractivity contribution in [1.29, 1.82) is 0 Å². The molecule has 1 fully saturated rings. The second-order valence-corrected chi connectivity index (χ2v) is 8.57. The highest BCUT2D eigenvalue weighted by molar-refractivity contribution is 5.88. The number of furan rings is 1. The lowest BCUT2D eigenvalue weighted by atomic mass is 10.1. The number of nitrogens with zero attached hydrogens (tertiary/aromatic N) is 2. The summed E-state index contributed by atoms with van der Waals surface area (Å²) in [5.41, 5.74) is 1.94. The van der Waals surface area contributed by atoms with Crippen molar-refractivity contribution in [2.45, 2.75) is 25.4 Å². The smallest absolute Gasteiger partial charge is 0.242 e. The molecule has 1 aliphatic rings. The molecule has 2 amide bonds. The van der Waals surface area contributed by atoms with Gasteiger partial charge in [-0.25, -0.2) is 4.39 Å². The molecule has 0 aliphatic heterocycles. The van der Waals surface area contributed by atoms with Gasteiger partial charge in [0.2, 0.25) is 11.8 Å². The molecule has 0 unspecified atom stereocenters. The Morgan fingerprint density at radius 2 is 1.76 bits per heavy atom. The van der Waals surface area contributed by atoms with E-state index in [4.69, 9.17) is 9.15 Å². The van der Waals surface area contributed by atoms with Gasteiger partial charge in [0.1, 0.15) is 11.6 Å². The van der Waals surface area contributed by atoms with E-state index in [9.17, 15) is 14.0 Å². The van der Waals surface area contributed by atoms with Crippen molar-refractivity contribution >= 4 is 11.8 Å². The first-order valence-corrected chi connectivity index (χ1v) is 11.4. The lowest BCUT2D eigenvalue weighted by Gasteiger charge is -2.27. The van der Waals surface area contributed by atoms with Crippen molar-refractivity contribution in [3.8, 4) is 0 Å². The average Bonchev–Trinajstić information content (AvgIpc) is 3.50. The first kappa shape index (κ1) is 23.7. The number of halogens is 1. The summed E-state index contributed by atoms with van der Waals surface area (Å²) in [7, 11) is 1.58. The second-order valence-electron chi connectivity index (χ2n) is 8.57. The molecule has 0 saturated heterocycles. The Bertz CT molecular complexity index is 1070. The minimum absolute atomic E-state index is 0.0287. The number of carbonyl (C=O) groups excluding carboxylic acids is 2. The van der Waals surface area contributed by atoms with Gasteiger partial charge in [0, 0.05) is 26.1 Å². The van der Waals surface area contributed by atoms with E-state index < -0.39 is 0 Å². The van der Waals surface area contributed by atoms with Crippen molar-refractivity contribution in [3.05, 3.63) is 95.7 Å². The molecule has 0 N–H and O–H groups in total. The molecular weight excluding hydrogens is 435 g/mol. The monoisotopic (exact) mass is 464 g/mol. The zero-order chi connectivity index (χ0) is 23.9. The first-order chi connectivity index (χ1) is 16.5. The van der Waals surface area contributed by atoms with Gasteiger partial charge in [0.05, 0.1) is 26.0 Å². The van der Waals surface area contributed by atoms with E-state index >= 15 is 0 Å². The molecule has 3 aromatic rings. The quantitative estimate of drug-likeness (QED) is 0.426. The third-order valence-electron chi connectivity index (χ3n) is 6.10. The number of benzene rings is 2. The Balaban J connectivity index is 1.46. The summed E-state index contributed by atoms with van der Waals surface area (Å²) in [4.78, 5) is 29.9. The number of hydrogen-bond donors (Lipinski definition) is 0. The van der Waals surface area contributed by atoms with Crippen LogP contribution in [0.1, 0.15) is 29.2 Å². The maximum Gasteiger partial charge on any atom is 0.242 e. The normalized spacial score (nSPS) is 16.8. The van der Waals surface area contributed by atoms with Crippen LogP contribution in [0.5, 0.6) is 0 Å². The lowest BCUT2D eigenvalue weighted by molar-refractivity contribution is -0.142. The number of methoxy groups -OCH3 is 1. The molecule has 1 saturated carbocycles. The van der Waals surface area contributed by atoms with Crippen LogP contribution in [0.15, 0.2) is 77.4 Å². The summed E-state index contributed by atoms with van der Waals surface area (Å²) in [6, 6.07) is 19.6. The Labute approximate surface area is 198 Å². The van der Waals surface area contributed by atoms with Crippen molar-refractivity contribution in [2.75, 3.05) is 26.8 Å². The maximum atomic E-state index is 13.4. The van der Waals surface area contributed by atoms with Crippen LogP contribution in [0.4, 0.5) is 4.39 Å². The molecule has 7 heteroatoms. The zero-order valence-electron chi connectivity index (χ0n) is 19.2. The third-order valence-corrected chi connectivity index (χ3v) is 6.10. The van der Waals surface area contributed by atoms with Gasteiger partial charge >= 0.3 is 0 Å². The van der Waals surface area contributed by atoms with Gasteiger partial charge in [-0.05, 0) is 47.7 Å². The molecule has 6 nitrogen and oxygen atoms in total. The van der Waals surface area contributed by atoms with Crippen molar-refractivity contribution in [1.82, 2.24) is 9.80 Å². The van der Waals surface area contributed by atoms with Crippen LogP contribution >= 0.6 is 0 Å². The van der Waals surface area contributed by atoms with E-state index in [1.165, 1.54) is 12.1 Å². The SMILES string of the molecule is COCCN(CC(=O)N(Cc1ccc(F)cc1)Cc1ccco1)C(=O)[C@@H]1C[C@H]1c1ccccc1. The van der Waals surface area contributed by atoms with E-state index in [1.807, 2.05) is 30.3 Å². The van der Waals surface area contributed by atoms with E-state index in [0.29, 0.717) is 18.9 Å². The fourth-order valence-electron chi connectivity index (χ4n) is 4.14. The van der Waals surface area contributed by atoms with Gasteiger partial charge in [0.15, 0.2) is 0 Å². The van der Waals surface area contributed by atoms with E-state index in [-0.39, 0.29) is 49.1 Å². The molecule has 0 radical (unpaired) electrons. The molecule has 2 atom stereocenters. The topological polar surface area (TPSA) is 63.0 Å². The molecule has 1 aliphatic carbocycles. The van der Waals surface area contributed by atoms with Crippen LogP contribution in [-0.2, 0) is 27.4 Å². The minimum Gasteiger partial charge on any atom is -0.467 e. The standard InChI is InChI=1S/C27H29FN2O4/c1-33-15-13-29(27(32)25-16-24(25)21-6-3-2-4-7-21)19-26(31)30(18-23-8-5-14-34-23)17-20-9-11-22(28)12-10-20/h2-12,14,24-25H,13,15-19H2,1H3/t24-,25+/m0/s1. The largest absolute Gasteiger partial charge is 0.467 e. The highest BCUT2D eigenvalue weighted by atomic mass is 19.1. The molecule has 1 heterocycles. The number of carbonyl (C=O) groups is 2. The predicted octanol–water partition coefficient (Wildman–Crippen LogP) is 4.23. The fourth-order valence-corrected chi connectivity index (χ4v) is 4.14. The predicted molar refractivity (Wildman–Crippen MR) is 125 cm³/mol. The second kappa shape index (κ2) is 11.1. The summed E-state index contributed by atoms with van der Waals surface area (Å²) in [5, 5.41) is 0. The van der Waals surface area contributed by atoms with Crippen LogP contribution in [0, 0.1) is 11.7 Å². The fraction of sp³-hybridized carbons (Fsp3) is 0.333. The number of ether oxygens (including phenoxy) is 1.